The van der Waals surface area contributed by atoms with Crippen molar-refractivity contribution in [1.29, 1.82) is 0 Å². The van der Waals surface area contributed by atoms with E-state index in [0.29, 0.717) is 0 Å². The van der Waals surface area contributed by atoms with Gasteiger partial charge in [-0.3, -0.25) is 0 Å². The van der Waals surface area contributed by atoms with Crippen LogP contribution in [-0.2, 0) is 10.1 Å². The smallest absolute Gasteiger partial charge is 0.125 e. The van der Waals surface area contributed by atoms with Gasteiger partial charge in [0.2, 0.25) is 0 Å². The second-order valence-corrected chi connectivity index (χ2v) is 9.37. The summed E-state index contributed by atoms with van der Waals surface area (Å²) < 4.78 is 37.3. The lowest BCUT2D eigenvalue weighted by Crippen LogP contribution is -2.17. The van der Waals surface area contributed by atoms with E-state index in [2.05, 4.69) is 6.07 Å². The van der Waals surface area contributed by atoms with Crippen LogP contribution in [0.2, 0.25) is 0 Å². The molecule has 4 heteroatoms. The van der Waals surface area contributed by atoms with Gasteiger partial charge in [0.15, 0.2) is 0 Å². The maximum absolute atomic E-state index is 12.4. The molecule has 0 saturated heterocycles. The van der Waals surface area contributed by atoms with Crippen LogP contribution in [0.1, 0.15) is 87.2 Å². The zero-order valence-electron chi connectivity index (χ0n) is 15.2. The molecule has 2 saturated carbocycles. The molecule has 0 bridgehead atoms. The minimum atomic E-state index is -4.50. The van der Waals surface area contributed by atoms with Crippen LogP contribution in [0.4, 0.5) is 0 Å². The number of fused-ring (bicyclic) bond motifs is 1. The lowest BCUT2D eigenvalue weighted by Gasteiger charge is -2.31. The number of benzene rings is 2. The summed E-state index contributed by atoms with van der Waals surface area (Å²) in [5.74, 6) is 0.394. The van der Waals surface area contributed by atoms with E-state index in [-0.39, 0.29) is 16.7 Å². The third-order valence-corrected chi connectivity index (χ3v) is 7.33. The average Bonchev–Trinajstić information content (AvgIpc) is 2.67. The van der Waals surface area contributed by atoms with E-state index >= 15 is 0 Å². The molecule has 0 aliphatic heterocycles. The fourth-order valence-corrected chi connectivity index (χ4v) is 6.23. The summed E-state index contributed by atoms with van der Waals surface area (Å²) in [6, 6.07) is 10.0. The molecule has 4 rings (SSSR count). The molecule has 26 heavy (non-hydrogen) atoms. The molecule has 0 atom stereocenters. The first-order valence-electron chi connectivity index (χ1n) is 10.1. The zero-order chi connectivity index (χ0) is 18.1. The van der Waals surface area contributed by atoms with Crippen molar-refractivity contribution < 1.29 is 13.0 Å². The van der Waals surface area contributed by atoms with Gasteiger partial charge >= 0.3 is 0 Å². The topological polar surface area (TPSA) is 57.2 Å². The predicted molar refractivity (Wildman–Crippen MR) is 104 cm³/mol. The maximum Gasteiger partial charge on any atom is 0.125 e. The number of hydrogen-bond acceptors (Lipinski definition) is 3. The van der Waals surface area contributed by atoms with Crippen LogP contribution < -0.4 is 0 Å². The summed E-state index contributed by atoms with van der Waals surface area (Å²) in [6.45, 7) is 0. The fraction of sp³-hybridized carbons (Fsp3) is 0.545. The highest BCUT2D eigenvalue weighted by Gasteiger charge is 2.29. The van der Waals surface area contributed by atoms with Crippen molar-refractivity contribution >= 4 is 20.9 Å². The van der Waals surface area contributed by atoms with Gasteiger partial charge in [-0.25, -0.2) is 8.42 Å². The SMILES string of the molecule is O=S(=O)([O-])c1c(C2CCCCC2)cc2ccccc2c1C1CCCCC1. The van der Waals surface area contributed by atoms with Gasteiger partial charge in [0, 0.05) is 0 Å². The monoisotopic (exact) mass is 371 g/mol. The molecule has 0 heterocycles. The standard InChI is InChI=1S/C22H28O3S/c23-26(24,25)22-20(16-9-3-1-4-10-16)15-18-13-7-8-14-19(18)21(22)17-11-5-2-6-12-17/h7-8,13-17H,1-6,9-12H2,(H,23,24,25)/p-1. The van der Waals surface area contributed by atoms with E-state index in [9.17, 15) is 13.0 Å². The first-order valence-corrected chi connectivity index (χ1v) is 11.5. The third-order valence-electron chi connectivity index (χ3n) is 6.38. The Labute approximate surface area is 156 Å². The minimum Gasteiger partial charge on any atom is -0.744 e. The molecular weight excluding hydrogens is 344 g/mol. The van der Waals surface area contributed by atoms with Crippen molar-refractivity contribution in [3.05, 3.63) is 41.5 Å². The van der Waals surface area contributed by atoms with Crippen molar-refractivity contribution in [3.63, 3.8) is 0 Å². The Balaban J connectivity index is 2.00. The Morgan fingerprint density at radius 1 is 0.808 bits per heavy atom. The molecule has 0 unspecified atom stereocenters. The van der Waals surface area contributed by atoms with E-state index in [4.69, 9.17) is 0 Å². The van der Waals surface area contributed by atoms with Gasteiger partial charge in [0.25, 0.3) is 0 Å². The summed E-state index contributed by atoms with van der Waals surface area (Å²) in [6.07, 6.45) is 10.8. The molecule has 0 spiro atoms. The molecule has 2 fully saturated rings. The molecule has 0 amide bonds. The summed E-state index contributed by atoms with van der Waals surface area (Å²) in [7, 11) is -4.50. The third kappa shape index (κ3) is 3.41. The van der Waals surface area contributed by atoms with E-state index in [1.807, 2.05) is 24.3 Å². The second kappa shape index (κ2) is 7.32. The first-order chi connectivity index (χ1) is 12.6. The number of rotatable bonds is 3. The Morgan fingerprint density at radius 3 is 2.00 bits per heavy atom. The van der Waals surface area contributed by atoms with Crippen LogP contribution in [0.3, 0.4) is 0 Å². The van der Waals surface area contributed by atoms with Gasteiger partial charge in [-0.1, -0.05) is 62.8 Å². The maximum atomic E-state index is 12.4. The molecule has 2 aromatic carbocycles. The minimum absolute atomic E-state index is 0.134. The second-order valence-electron chi connectivity index (χ2n) is 8.05. The molecular formula is C22H27O3S-. The number of hydrogen-bond donors (Lipinski definition) is 0. The fourth-order valence-electron chi connectivity index (χ4n) is 5.17. The normalized spacial score (nSPS) is 20.5. The van der Waals surface area contributed by atoms with Crippen LogP contribution in [0.25, 0.3) is 10.8 Å². The van der Waals surface area contributed by atoms with E-state index in [1.54, 1.807) is 0 Å². The van der Waals surface area contributed by atoms with Crippen molar-refractivity contribution in [2.75, 3.05) is 0 Å². The van der Waals surface area contributed by atoms with Gasteiger partial charge in [0.05, 0.1) is 4.90 Å². The molecule has 3 nitrogen and oxygen atoms in total. The Bertz CT molecular complexity index is 889. The zero-order valence-corrected chi connectivity index (χ0v) is 16.1. The van der Waals surface area contributed by atoms with Crippen molar-refractivity contribution in [2.24, 2.45) is 0 Å². The highest BCUT2D eigenvalue weighted by molar-refractivity contribution is 7.85. The van der Waals surface area contributed by atoms with Crippen LogP contribution in [-0.4, -0.2) is 13.0 Å². The van der Waals surface area contributed by atoms with Gasteiger partial charge in [-0.05, 0) is 65.5 Å². The largest absolute Gasteiger partial charge is 0.744 e. The van der Waals surface area contributed by atoms with E-state index in [1.165, 1.54) is 12.8 Å². The predicted octanol–water partition coefficient (Wildman–Crippen LogP) is 5.84. The highest BCUT2D eigenvalue weighted by Crippen LogP contribution is 2.45. The molecule has 2 aromatic rings. The summed E-state index contributed by atoms with van der Waals surface area (Å²) in [5.41, 5.74) is 1.64. The first kappa shape index (κ1) is 18.0. The molecule has 2 aliphatic carbocycles. The van der Waals surface area contributed by atoms with Gasteiger partial charge in [-0.2, -0.15) is 0 Å². The van der Waals surface area contributed by atoms with Crippen molar-refractivity contribution in [3.8, 4) is 0 Å². The molecule has 0 radical (unpaired) electrons. The quantitative estimate of drug-likeness (QED) is 0.637. The van der Waals surface area contributed by atoms with E-state index < -0.39 is 10.1 Å². The molecule has 140 valence electrons. The Hall–Kier alpha value is -1.39. The van der Waals surface area contributed by atoms with Crippen LogP contribution in [0.15, 0.2) is 35.2 Å². The van der Waals surface area contributed by atoms with Gasteiger partial charge in [-0.15, -0.1) is 0 Å². The van der Waals surface area contributed by atoms with Crippen molar-refractivity contribution in [2.45, 2.75) is 80.9 Å². The molecule has 0 N–H and O–H groups in total. The van der Waals surface area contributed by atoms with Crippen LogP contribution in [0.5, 0.6) is 0 Å². The molecule has 0 aromatic heterocycles. The van der Waals surface area contributed by atoms with Gasteiger partial charge in [0.1, 0.15) is 10.1 Å². The summed E-state index contributed by atoms with van der Waals surface area (Å²) >= 11 is 0. The van der Waals surface area contributed by atoms with Crippen molar-refractivity contribution in [1.82, 2.24) is 0 Å². The van der Waals surface area contributed by atoms with Crippen LogP contribution >= 0.6 is 0 Å². The Morgan fingerprint density at radius 2 is 1.38 bits per heavy atom. The average molecular weight is 372 g/mol. The summed E-state index contributed by atoms with van der Waals surface area (Å²) in [5, 5.41) is 2.05. The Kier molecular flexibility index (Phi) is 5.07. The van der Waals surface area contributed by atoms with Gasteiger partial charge < -0.3 is 4.55 Å². The van der Waals surface area contributed by atoms with Crippen LogP contribution in [0, 0.1) is 0 Å². The summed E-state index contributed by atoms with van der Waals surface area (Å²) in [4.78, 5) is 0.134. The lowest BCUT2D eigenvalue weighted by molar-refractivity contribution is 0.418. The molecule has 2 aliphatic rings. The highest BCUT2D eigenvalue weighted by atomic mass is 32.2. The van der Waals surface area contributed by atoms with E-state index in [0.717, 1.165) is 73.3 Å². The lowest BCUT2D eigenvalue weighted by atomic mass is 9.78.